The van der Waals surface area contributed by atoms with Crippen LogP contribution in [0.3, 0.4) is 0 Å². The molecule has 3 aromatic carbocycles. The number of fused-ring (bicyclic) bond motifs is 1. The SMILES string of the molecule is CN(C)c1ccc(NC(=O)COC(=O)c2oc3ccccc3c2COc2ccccc2)cc1. The van der Waals surface area contributed by atoms with Gasteiger partial charge < -0.3 is 24.1 Å². The number of hydrogen-bond donors (Lipinski definition) is 1. The lowest BCUT2D eigenvalue weighted by Crippen LogP contribution is -2.21. The average Bonchev–Trinajstić information content (AvgIpc) is 3.21. The number of nitrogens with zero attached hydrogens (tertiary/aromatic N) is 1. The van der Waals surface area contributed by atoms with E-state index < -0.39 is 18.5 Å². The third-order valence-corrected chi connectivity index (χ3v) is 5.01. The molecule has 1 N–H and O–H groups in total. The lowest BCUT2D eigenvalue weighted by Gasteiger charge is -2.13. The van der Waals surface area contributed by atoms with E-state index in [9.17, 15) is 9.59 Å². The van der Waals surface area contributed by atoms with Crippen molar-refractivity contribution in [3.63, 3.8) is 0 Å². The number of benzene rings is 3. The second-order valence-electron chi connectivity index (χ2n) is 7.57. The Labute approximate surface area is 191 Å². The molecule has 1 aromatic heterocycles. The van der Waals surface area contributed by atoms with Gasteiger partial charge in [-0.1, -0.05) is 36.4 Å². The quantitative estimate of drug-likeness (QED) is 0.391. The first-order chi connectivity index (χ1) is 16.0. The highest BCUT2D eigenvalue weighted by Gasteiger charge is 2.23. The monoisotopic (exact) mass is 444 g/mol. The minimum Gasteiger partial charge on any atom is -0.489 e. The number of hydrogen-bond acceptors (Lipinski definition) is 6. The maximum Gasteiger partial charge on any atom is 0.375 e. The number of amides is 1. The van der Waals surface area contributed by atoms with Crippen molar-refractivity contribution >= 4 is 34.2 Å². The fourth-order valence-corrected chi connectivity index (χ4v) is 3.32. The molecular weight excluding hydrogens is 420 g/mol. The predicted molar refractivity (Wildman–Crippen MR) is 127 cm³/mol. The number of ether oxygens (including phenoxy) is 2. The van der Waals surface area contributed by atoms with Crippen molar-refractivity contribution in [3.8, 4) is 5.75 Å². The molecule has 33 heavy (non-hydrogen) atoms. The lowest BCUT2D eigenvalue weighted by atomic mass is 10.1. The second kappa shape index (κ2) is 9.91. The molecule has 0 saturated heterocycles. The van der Waals surface area contributed by atoms with Crippen LogP contribution in [0, 0.1) is 0 Å². The third-order valence-electron chi connectivity index (χ3n) is 5.01. The zero-order chi connectivity index (χ0) is 23.2. The second-order valence-corrected chi connectivity index (χ2v) is 7.57. The summed E-state index contributed by atoms with van der Waals surface area (Å²) in [4.78, 5) is 27.0. The Balaban J connectivity index is 1.43. The summed E-state index contributed by atoms with van der Waals surface area (Å²) in [6.07, 6.45) is 0. The minimum absolute atomic E-state index is 0.0234. The van der Waals surface area contributed by atoms with Gasteiger partial charge in [-0.25, -0.2) is 4.79 Å². The zero-order valence-electron chi connectivity index (χ0n) is 18.4. The Morgan fingerprint density at radius 2 is 1.61 bits per heavy atom. The van der Waals surface area contributed by atoms with E-state index in [0.717, 1.165) is 11.1 Å². The Morgan fingerprint density at radius 3 is 2.33 bits per heavy atom. The largest absolute Gasteiger partial charge is 0.489 e. The van der Waals surface area contributed by atoms with Crippen LogP contribution in [-0.2, 0) is 16.1 Å². The van der Waals surface area contributed by atoms with Crippen molar-refractivity contribution in [2.75, 3.05) is 30.9 Å². The molecule has 0 unspecified atom stereocenters. The summed E-state index contributed by atoms with van der Waals surface area (Å²) in [5, 5.41) is 3.47. The maximum absolute atomic E-state index is 12.8. The van der Waals surface area contributed by atoms with Crippen molar-refractivity contribution in [2.45, 2.75) is 6.61 Å². The van der Waals surface area contributed by atoms with Crippen LogP contribution >= 0.6 is 0 Å². The molecule has 7 heteroatoms. The molecule has 0 aliphatic rings. The molecule has 0 spiro atoms. The molecule has 0 atom stereocenters. The topological polar surface area (TPSA) is 81.0 Å². The third kappa shape index (κ3) is 5.33. The lowest BCUT2D eigenvalue weighted by molar-refractivity contribution is -0.119. The highest BCUT2D eigenvalue weighted by molar-refractivity contribution is 5.98. The fraction of sp³-hybridized carbons (Fsp3) is 0.154. The Morgan fingerprint density at radius 1 is 0.909 bits per heavy atom. The van der Waals surface area contributed by atoms with Crippen LogP contribution in [0.15, 0.2) is 83.3 Å². The summed E-state index contributed by atoms with van der Waals surface area (Å²) < 4.78 is 16.8. The van der Waals surface area contributed by atoms with E-state index in [1.54, 1.807) is 18.2 Å². The standard InChI is InChI=1S/C26H24N2O5/c1-28(2)19-14-12-18(13-15-19)27-24(29)17-32-26(30)25-22(16-31-20-8-4-3-5-9-20)21-10-6-7-11-23(21)33-25/h3-15H,16-17H2,1-2H3,(H,27,29). The molecular formula is C26H24N2O5. The molecule has 0 bridgehead atoms. The predicted octanol–water partition coefficient (Wildman–Crippen LogP) is 4.87. The molecule has 7 nitrogen and oxygen atoms in total. The summed E-state index contributed by atoms with van der Waals surface area (Å²) >= 11 is 0. The van der Waals surface area contributed by atoms with Crippen LogP contribution < -0.4 is 15.0 Å². The van der Waals surface area contributed by atoms with Gasteiger partial charge in [0.2, 0.25) is 5.76 Å². The van der Waals surface area contributed by atoms with Crippen LogP contribution in [0.5, 0.6) is 5.75 Å². The highest BCUT2D eigenvalue weighted by Crippen LogP contribution is 2.28. The Bertz CT molecular complexity index is 1250. The molecule has 1 amide bonds. The number of carbonyl (C=O) groups excluding carboxylic acids is 2. The van der Waals surface area contributed by atoms with E-state index in [2.05, 4.69) is 5.32 Å². The Kier molecular flexibility index (Phi) is 6.59. The number of furan rings is 1. The number of carbonyl (C=O) groups is 2. The number of nitrogens with one attached hydrogen (secondary N) is 1. The zero-order valence-corrected chi connectivity index (χ0v) is 18.4. The molecule has 0 aliphatic carbocycles. The van der Waals surface area contributed by atoms with Crippen molar-refractivity contribution < 1.29 is 23.5 Å². The first kappa shape index (κ1) is 22.0. The average molecular weight is 444 g/mol. The fourth-order valence-electron chi connectivity index (χ4n) is 3.32. The smallest absolute Gasteiger partial charge is 0.375 e. The number of para-hydroxylation sites is 2. The molecule has 168 valence electrons. The maximum atomic E-state index is 12.8. The molecule has 0 radical (unpaired) electrons. The van der Waals surface area contributed by atoms with Gasteiger partial charge in [-0.15, -0.1) is 0 Å². The first-order valence-corrected chi connectivity index (χ1v) is 10.4. The number of esters is 1. The van der Waals surface area contributed by atoms with Crippen LogP contribution in [0.2, 0.25) is 0 Å². The van der Waals surface area contributed by atoms with Crippen LogP contribution in [-0.4, -0.2) is 32.6 Å². The van der Waals surface area contributed by atoms with E-state index >= 15 is 0 Å². The van der Waals surface area contributed by atoms with Gasteiger partial charge in [-0.3, -0.25) is 4.79 Å². The summed E-state index contributed by atoms with van der Waals surface area (Å²) in [6, 6.07) is 23.9. The van der Waals surface area contributed by atoms with Crippen LogP contribution in [0.1, 0.15) is 16.1 Å². The molecule has 0 fully saturated rings. The summed E-state index contributed by atoms with van der Waals surface area (Å²) in [6.45, 7) is -0.319. The summed E-state index contributed by atoms with van der Waals surface area (Å²) in [7, 11) is 3.87. The first-order valence-electron chi connectivity index (χ1n) is 10.4. The van der Waals surface area contributed by atoms with Gasteiger partial charge in [0.15, 0.2) is 6.61 Å². The van der Waals surface area contributed by atoms with Gasteiger partial charge in [0, 0.05) is 30.9 Å². The minimum atomic E-state index is -0.726. The highest BCUT2D eigenvalue weighted by atomic mass is 16.5. The van der Waals surface area contributed by atoms with Crippen molar-refractivity contribution in [3.05, 3.63) is 90.2 Å². The van der Waals surface area contributed by atoms with Gasteiger partial charge >= 0.3 is 5.97 Å². The van der Waals surface area contributed by atoms with E-state index in [1.165, 1.54) is 0 Å². The normalized spacial score (nSPS) is 10.6. The van der Waals surface area contributed by atoms with Crippen molar-refractivity contribution in [1.29, 1.82) is 0 Å². The van der Waals surface area contributed by atoms with E-state index in [1.807, 2.05) is 79.7 Å². The van der Waals surface area contributed by atoms with Crippen molar-refractivity contribution in [2.24, 2.45) is 0 Å². The van der Waals surface area contributed by atoms with Gasteiger partial charge in [0.25, 0.3) is 5.91 Å². The van der Waals surface area contributed by atoms with Gasteiger partial charge in [0.05, 0.1) is 5.56 Å². The van der Waals surface area contributed by atoms with E-state index in [4.69, 9.17) is 13.9 Å². The van der Waals surface area contributed by atoms with Crippen LogP contribution in [0.4, 0.5) is 11.4 Å². The van der Waals surface area contributed by atoms with Gasteiger partial charge in [0.1, 0.15) is 17.9 Å². The molecule has 4 rings (SSSR count). The molecule has 4 aromatic rings. The van der Waals surface area contributed by atoms with Gasteiger partial charge in [-0.05, 0) is 42.5 Å². The summed E-state index contributed by atoms with van der Waals surface area (Å²) in [5.74, 6) is -0.479. The summed E-state index contributed by atoms with van der Waals surface area (Å²) in [5.41, 5.74) is 2.73. The molecule has 1 heterocycles. The van der Waals surface area contributed by atoms with Crippen molar-refractivity contribution in [1.82, 2.24) is 0 Å². The number of rotatable bonds is 8. The van der Waals surface area contributed by atoms with E-state index in [-0.39, 0.29) is 12.4 Å². The van der Waals surface area contributed by atoms with E-state index in [0.29, 0.717) is 22.6 Å². The molecule has 0 aliphatic heterocycles. The molecule has 0 saturated carbocycles. The number of anilines is 2. The van der Waals surface area contributed by atoms with Crippen LogP contribution in [0.25, 0.3) is 11.0 Å². The van der Waals surface area contributed by atoms with Gasteiger partial charge in [-0.2, -0.15) is 0 Å². The Hall–Kier alpha value is -4.26.